The van der Waals surface area contributed by atoms with E-state index in [-0.39, 0.29) is 5.91 Å². The van der Waals surface area contributed by atoms with Gasteiger partial charge in [0.2, 0.25) is 23.2 Å². The van der Waals surface area contributed by atoms with Crippen LogP contribution in [0.1, 0.15) is 25.6 Å². The van der Waals surface area contributed by atoms with E-state index in [0.717, 1.165) is 11.1 Å². The molecule has 7 nitrogen and oxygen atoms in total. The molecule has 0 spiro atoms. The van der Waals surface area contributed by atoms with Gasteiger partial charge in [0.05, 0.1) is 17.9 Å². The highest BCUT2D eigenvalue weighted by Gasteiger charge is 2.35. The molecule has 148 valence electrons. The molecule has 0 bridgehead atoms. The van der Waals surface area contributed by atoms with Gasteiger partial charge in [0.15, 0.2) is 5.69 Å². The van der Waals surface area contributed by atoms with Gasteiger partial charge in [0, 0.05) is 12.5 Å². The minimum absolute atomic E-state index is 0.167. The first kappa shape index (κ1) is 19.2. The van der Waals surface area contributed by atoms with Crippen molar-refractivity contribution >= 4 is 23.4 Å². The van der Waals surface area contributed by atoms with Crippen molar-refractivity contribution in [3.63, 3.8) is 0 Å². The first-order chi connectivity index (χ1) is 14.1. The van der Waals surface area contributed by atoms with E-state index in [1.54, 1.807) is 4.90 Å². The number of hydrogen-bond acceptors (Lipinski definition) is 7. The van der Waals surface area contributed by atoms with Crippen molar-refractivity contribution < 1.29 is 14.3 Å². The van der Waals surface area contributed by atoms with Crippen LogP contribution in [0.3, 0.4) is 0 Å². The lowest BCUT2D eigenvalue weighted by molar-refractivity contribution is -0.118. The smallest absolute Gasteiger partial charge is 0.247 e. The summed E-state index contributed by atoms with van der Waals surface area (Å²) in [6, 6.07) is 15.1. The van der Waals surface area contributed by atoms with Gasteiger partial charge in [-0.05, 0) is 31.4 Å². The van der Waals surface area contributed by atoms with E-state index >= 15 is 0 Å². The fourth-order valence-electron chi connectivity index (χ4n) is 3.31. The Morgan fingerprint density at radius 1 is 1.17 bits per heavy atom. The van der Waals surface area contributed by atoms with Crippen LogP contribution < -0.4 is 14.4 Å². The van der Waals surface area contributed by atoms with Crippen LogP contribution in [0.15, 0.2) is 53.7 Å². The van der Waals surface area contributed by atoms with Crippen molar-refractivity contribution in [3.05, 3.63) is 54.1 Å². The molecule has 0 saturated carbocycles. The molecule has 0 N–H and O–H groups in total. The fourth-order valence-corrected chi connectivity index (χ4v) is 3.61. The molecule has 0 fully saturated rings. The molecule has 8 heteroatoms. The first-order valence-corrected chi connectivity index (χ1v) is 10.4. The second-order valence-corrected chi connectivity index (χ2v) is 7.07. The summed E-state index contributed by atoms with van der Waals surface area (Å²) in [5, 5.41) is 9.00. The first-order valence-electron chi connectivity index (χ1n) is 9.20. The Bertz CT molecular complexity index is 1060. The number of aromatic nitrogens is 3. The summed E-state index contributed by atoms with van der Waals surface area (Å²) >= 11 is 1.38. The highest BCUT2D eigenvalue weighted by Crippen LogP contribution is 2.44. The Labute approximate surface area is 173 Å². The van der Waals surface area contributed by atoms with Gasteiger partial charge in [-0.25, -0.2) is 0 Å². The van der Waals surface area contributed by atoms with Crippen LogP contribution in [-0.2, 0) is 4.79 Å². The minimum atomic E-state index is -0.760. The van der Waals surface area contributed by atoms with Crippen molar-refractivity contribution in [2.75, 3.05) is 17.8 Å². The Morgan fingerprint density at radius 3 is 2.69 bits per heavy atom. The maximum absolute atomic E-state index is 12.8. The van der Waals surface area contributed by atoms with Crippen molar-refractivity contribution in [1.82, 2.24) is 15.2 Å². The summed E-state index contributed by atoms with van der Waals surface area (Å²) in [6.45, 7) is 3.93. The number of carbonyl (C=O) groups excluding carboxylic acids is 1. The molecule has 29 heavy (non-hydrogen) atoms. The van der Waals surface area contributed by atoms with E-state index in [4.69, 9.17) is 9.47 Å². The van der Waals surface area contributed by atoms with Gasteiger partial charge < -0.3 is 9.47 Å². The summed E-state index contributed by atoms with van der Waals surface area (Å²) in [5.41, 5.74) is 2.65. The molecule has 1 aliphatic rings. The van der Waals surface area contributed by atoms with Crippen LogP contribution >= 0.6 is 11.8 Å². The summed E-state index contributed by atoms with van der Waals surface area (Å²) in [6.07, 6.45) is 1.11. The van der Waals surface area contributed by atoms with Crippen molar-refractivity contribution in [3.8, 4) is 22.9 Å². The average molecular weight is 408 g/mol. The van der Waals surface area contributed by atoms with Gasteiger partial charge in [-0.2, -0.15) is 4.98 Å². The van der Waals surface area contributed by atoms with E-state index < -0.39 is 6.23 Å². The Balaban J connectivity index is 1.97. The number of anilines is 1. The van der Waals surface area contributed by atoms with Crippen LogP contribution in [0.4, 0.5) is 5.69 Å². The number of nitrogens with zero attached hydrogens (tertiary/aromatic N) is 4. The van der Waals surface area contributed by atoms with E-state index in [0.29, 0.717) is 34.8 Å². The van der Waals surface area contributed by atoms with E-state index in [2.05, 4.69) is 15.2 Å². The molecule has 4 rings (SSSR count). The van der Waals surface area contributed by atoms with Gasteiger partial charge in [0.25, 0.3) is 0 Å². The van der Waals surface area contributed by atoms with Crippen LogP contribution in [0.25, 0.3) is 11.3 Å². The lowest BCUT2D eigenvalue weighted by Gasteiger charge is -2.30. The number of carbonyl (C=O) groups is 1. The average Bonchev–Trinajstić information content (AvgIpc) is 2.88. The number of ether oxygens (including phenoxy) is 2. The molecule has 3 aromatic rings. The third kappa shape index (κ3) is 3.51. The van der Waals surface area contributed by atoms with E-state index in [9.17, 15) is 4.79 Å². The van der Waals surface area contributed by atoms with Crippen LogP contribution in [-0.4, -0.2) is 34.0 Å². The molecule has 1 amide bonds. The predicted molar refractivity (Wildman–Crippen MR) is 111 cm³/mol. The number of hydrogen-bond donors (Lipinski definition) is 0. The number of amides is 1. The third-order valence-electron chi connectivity index (χ3n) is 4.52. The molecule has 0 saturated heterocycles. The molecular formula is C21H20N4O3S. The maximum atomic E-state index is 12.8. The van der Waals surface area contributed by atoms with Crippen LogP contribution in [0, 0.1) is 0 Å². The lowest BCUT2D eigenvalue weighted by atomic mass is 10.1. The Kier molecular flexibility index (Phi) is 5.35. The minimum Gasteiger partial charge on any atom is -0.493 e. The van der Waals surface area contributed by atoms with E-state index in [1.165, 1.54) is 18.7 Å². The summed E-state index contributed by atoms with van der Waals surface area (Å²) in [4.78, 5) is 18.9. The molecule has 1 atom stereocenters. The van der Waals surface area contributed by atoms with Crippen LogP contribution in [0.2, 0.25) is 0 Å². The monoisotopic (exact) mass is 408 g/mol. The number of para-hydroxylation sites is 2. The zero-order valence-electron chi connectivity index (χ0n) is 16.3. The zero-order valence-corrected chi connectivity index (χ0v) is 17.1. The van der Waals surface area contributed by atoms with Crippen LogP contribution in [0.5, 0.6) is 11.6 Å². The molecule has 1 aliphatic heterocycles. The number of benzene rings is 2. The molecule has 0 aliphatic carbocycles. The summed E-state index contributed by atoms with van der Waals surface area (Å²) in [5.74, 6) is 0.816. The third-order valence-corrected chi connectivity index (χ3v) is 5.06. The van der Waals surface area contributed by atoms with E-state index in [1.807, 2.05) is 61.7 Å². The van der Waals surface area contributed by atoms with Gasteiger partial charge in [-0.3, -0.25) is 9.69 Å². The zero-order chi connectivity index (χ0) is 20.4. The largest absolute Gasteiger partial charge is 0.493 e. The predicted octanol–water partition coefficient (Wildman–Crippen LogP) is 4.10. The normalized spacial score (nSPS) is 15.0. The second kappa shape index (κ2) is 8.08. The molecular weight excluding hydrogens is 388 g/mol. The van der Waals surface area contributed by atoms with Gasteiger partial charge >= 0.3 is 0 Å². The van der Waals surface area contributed by atoms with Crippen molar-refractivity contribution in [2.24, 2.45) is 0 Å². The summed E-state index contributed by atoms with van der Waals surface area (Å²) < 4.78 is 12.1. The maximum Gasteiger partial charge on any atom is 0.247 e. The molecule has 1 unspecified atom stereocenters. The van der Waals surface area contributed by atoms with Gasteiger partial charge in [-0.15, -0.1) is 10.2 Å². The van der Waals surface area contributed by atoms with Gasteiger partial charge in [0.1, 0.15) is 5.75 Å². The number of fused-ring (bicyclic) bond motifs is 3. The fraction of sp³-hybridized carbons (Fsp3) is 0.238. The lowest BCUT2D eigenvalue weighted by Crippen LogP contribution is -2.36. The highest BCUT2D eigenvalue weighted by molar-refractivity contribution is 7.98. The molecule has 1 aromatic heterocycles. The quantitative estimate of drug-likeness (QED) is 0.601. The van der Waals surface area contributed by atoms with Crippen molar-refractivity contribution in [1.29, 1.82) is 0 Å². The van der Waals surface area contributed by atoms with Crippen molar-refractivity contribution in [2.45, 2.75) is 25.2 Å². The highest BCUT2D eigenvalue weighted by atomic mass is 32.2. The Morgan fingerprint density at radius 2 is 1.93 bits per heavy atom. The topological polar surface area (TPSA) is 77.4 Å². The molecule has 2 heterocycles. The molecule has 2 aromatic carbocycles. The summed E-state index contributed by atoms with van der Waals surface area (Å²) in [7, 11) is 0. The molecule has 0 radical (unpaired) electrons. The Hall–Kier alpha value is -3.13. The SMILES string of the molecule is CCOc1ccccc1C1Oc2nc(SC)nnc2-c2ccccc2N1C(C)=O. The van der Waals surface area contributed by atoms with Gasteiger partial charge in [-0.1, -0.05) is 42.1 Å². The standard InChI is InChI=1S/C21H20N4O3S/c1-4-27-17-12-8-6-10-15(17)20-25(13(2)26)16-11-7-5-9-14(16)18-19(28-20)22-21(29-3)24-23-18/h5-12,20H,4H2,1-3H3. The second-order valence-electron chi connectivity index (χ2n) is 6.30. The number of rotatable bonds is 4. The number of thioether (sulfide) groups is 1.